The largest absolute Gasteiger partial charge is 0.472 e. The molecule has 0 aliphatic rings. The van der Waals surface area contributed by atoms with Crippen LogP contribution in [-0.4, -0.2) is 65.7 Å². The lowest BCUT2D eigenvalue weighted by Gasteiger charge is -2.20. The molecule has 0 aromatic carbocycles. The first-order valence-electron chi connectivity index (χ1n) is 19.8. The predicted molar refractivity (Wildman–Crippen MR) is 201 cm³/mol. The van der Waals surface area contributed by atoms with Crippen LogP contribution in [0.3, 0.4) is 0 Å². The second-order valence-electron chi connectivity index (χ2n) is 13.3. The van der Waals surface area contributed by atoms with Gasteiger partial charge in [0.25, 0.3) is 0 Å². The summed E-state index contributed by atoms with van der Waals surface area (Å²) in [7, 11) is -4.61. The van der Waals surface area contributed by atoms with Gasteiger partial charge in [0.15, 0.2) is 6.10 Å². The fourth-order valence-corrected chi connectivity index (χ4v) is 6.01. The fourth-order valence-electron chi connectivity index (χ4n) is 5.22. The molecule has 0 rings (SSSR count). The molecule has 10 nitrogen and oxygen atoms in total. The van der Waals surface area contributed by atoms with Crippen molar-refractivity contribution in [3.8, 4) is 0 Å². The molecule has 1 unspecified atom stereocenters. The summed E-state index contributed by atoms with van der Waals surface area (Å²) in [6, 6.07) is 0. The number of aliphatic hydroxyl groups is 2. The third-order valence-electron chi connectivity index (χ3n) is 8.33. The Morgan fingerprint density at radius 1 is 0.580 bits per heavy atom. The topological polar surface area (TPSA) is 149 Å². The number of hydrogen-bond donors (Lipinski definition) is 3. The average molecular weight is 733 g/mol. The Hall–Kier alpha value is -1.55. The minimum Gasteiger partial charge on any atom is -0.462 e. The molecule has 0 aliphatic carbocycles. The van der Waals surface area contributed by atoms with Gasteiger partial charge in [0.05, 0.1) is 19.8 Å². The van der Waals surface area contributed by atoms with Gasteiger partial charge in [0, 0.05) is 12.8 Å². The zero-order valence-electron chi connectivity index (χ0n) is 31.6. The van der Waals surface area contributed by atoms with Crippen molar-refractivity contribution >= 4 is 19.8 Å². The number of allylic oxidation sites excluding steroid dienone is 4. The summed E-state index contributed by atoms with van der Waals surface area (Å²) in [6.45, 7) is 2.32. The molecular formula is C39H73O10P. The molecule has 0 bridgehead atoms. The van der Waals surface area contributed by atoms with E-state index in [0.29, 0.717) is 12.8 Å². The first-order chi connectivity index (χ1) is 24.2. The molecule has 3 atom stereocenters. The maximum Gasteiger partial charge on any atom is 0.472 e. The van der Waals surface area contributed by atoms with E-state index in [1.54, 1.807) is 0 Å². The third-order valence-corrected chi connectivity index (χ3v) is 9.28. The van der Waals surface area contributed by atoms with E-state index in [9.17, 15) is 24.2 Å². The number of carbonyl (C=O) groups excluding carboxylic acids is 2. The molecule has 0 fully saturated rings. The van der Waals surface area contributed by atoms with Gasteiger partial charge in [0.1, 0.15) is 12.7 Å². The highest BCUT2D eigenvalue weighted by Crippen LogP contribution is 2.43. The van der Waals surface area contributed by atoms with Gasteiger partial charge in [-0.25, -0.2) is 4.57 Å². The number of phosphoric acid groups is 1. The summed E-state index contributed by atoms with van der Waals surface area (Å²) in [5.41, 5.74) is 0. The molecule has 0 heterocycles. The smallest absolute Gasteiger partial charge is 0.462 e. The Labute approximate surface area is 304 Å². The molecule has 50 heavy (non-hydrogen) atoms. The SMILES string of the molecule is CCCCC/C=C\CCCCCCCC(=O)OC[C@H](COP(=O)(O)OC[C@@H](O)CO)OC(=O)CCCCCCC/C=C\CCCCCCCC. The summed E-state index contributed by atoms with van der Waals surface area (Å²) >= 11 is 0. The molecule has 3 N–H and O–H groups in total. The van der Waals surface area contributed by atoms with E-state index in [1.165, 1.54) is 57.8 Å². The van der Waals surface area contributed by atoms with Gasteiger partial charge < -0.3 is 24.6 Å². The van der Waals surface area contributed by atoms with E-state index in [4.69, 9.17) is 19.1 Å². The number of esters is 2. The van der Waals surface area contributed by atoms with Gasteiger partial charge in [0.2, 0.25) is 0 Å². The Morgan fingerprint density at radius 2 is 0.980 bits per heavy atom. The Balaban J connectivity index is 4.37. The molecule has 0 amide bonds. The van der Waals surface area contributed by atoms with Gasteiger partial charge in [-0.05, 0) is 64.2 Å². The van der Waals surface area contributed by atoms with Crippen LogP contribution in [0.2, 0.25) is 0 Å². The molecule has 0 spiro atoms. The van der Waals surface area contributed by atoms with Crippen LogP contribution in [-0.2, 0) is 32.7 Å². The lowest BCUT2D eigenvalue weighted by Crippen LogP contribution is -2.29. The lowest BCUT2D eigenvalue weighted by atomic mass is 10.1. The summed E-state index contributed by atoms with van der Waals surface area (Å²) in [6.07, 6.45) is 32.9. The molecule has 0 aliphatic heterocycles. The minimum absolute atomic E-state index is 0.174. The van der Waals surface area contributed by atoms with Crippen LogP contribution in [0.5, 0.6) is 0 Å². The zero-order valence-corrected chi connectivity index (χ0v) is 32.5. The van der Waals surface area contributed by atoms with Crippen molar-refractivity contribution in [2.24, 2.45) is 0 Å². The molecule has 294 valence electrons. The van der Waals surface area contributed by atoms with Crippen LogP contribution in [0.4, 0.5) is 0 Å². The van der Waals surface area contributed by atoms with Crippen molar-refractivity contribution in [1.29, 1.82) is 0 Å². The number of aliphatic hydroxyl groups excluding tert-OH is 2. The van der Waals surface area contributed by atoms with Crippen LogP contribution in [0.15, 0.2) is 24.3 Å². The summed E-state index contributed by atoms with van der Waals surface area (Å²) in [4.78, 5) is 34.8. The highest BCUT2D eigenvalue weighted by Gasteiger charge is 2.27. The van der Waals surface area contributed by atoms with Crippen LogP contribution < -0.4 is 0 Å². The quantitative estimate of drug-likeness (QED) is 0.0244. The standard InChI is InChI=1S/C39H73O10P/c1-3-5-7-9-11-13-15-17-18-19-21-23-25-27-29-31-39(43)49-37(35-48-50(44,45)47-33-36(41)32-40)34-46-38(42)30-28-26-24-22-20-16-14-12-10-8-6-4-2/h12,14,17-18,36-37,40-41H,3-11,13,15-16,19-35H2,1-2H3,(H,44,45)/b14-12-,18-17-/t36-,37+/m0/s1. The maximum atomic E-state index is 12.6. The van der Waals surface area contributed by atoms with Crippen molar-refractivity contribution in [3.05, 3.63) is 24.3 Å². The highest BCUT2D eigenvalue weighted by atomic mass is 31.2. The molecule has 11 heteroatoms. The second-order valence-corrected chi connectivity index (χ2v) is 14.8. The van der Waals surface area contributed by atoms with Crippen LogP contribution >= 0.6 is 7.82 Å². The highest BCUT2D eigenvalue weighted by molar-refractivity contribution is 7.47. The van der Waals surface area contributed by atoms with Gasteiger partial charge in [-0.1, -0.05) is 122 Å². The number of hydrogen-bond acceptors (Lipinski definition) is 9. The van der Waals surface area contributed by atoms with Crippen LogP contribution in [0.1, 0.15) is 174 Å². The molecule has 0 radical (unpaired) electrons. The summed E-state index contributed by atoms with van der Waals surface area (Å²) < 4.78 is 32.6. The van der Waals surface area contributed by atoms with E-state index in [1.807, 2.05) is 0 Å². The van der Waals surface area contributed by atoms with E-state index in [0.717, 1.165) is 77.0 Å². The van der Waals surface area contributed by atoms with Gasteiger partial charge in [-0.3, -0.25) is 18.6 Å². The first-order valence-corrected chi connectivity index (χ1v) is 21.3. The van der Waals surface area contributed by atoms with Crippen molar-refractivity contribution in [2.45, 2.75) is 187 Å². The third kappa shape index (κ3) is 34.9. The molecule has 0 saturated carbocycles. The Bertz CT molecular complexity index is 894. The molecular weight excluding hydrogens is 659 g/mol. The Morgan fingerprint density at radius 3 is 1.48 bits per heavy atom. The molecule has 0 saturated heterocycles. The number of ether oxygens (including phenoxy) is 2. The normalized spacial score (nSPS) is 14.3. The molecule has 0 aromatic rings. The zero-order chi connectivity index (χ0) is 37.0. The van der Waals surface area contributed by atoms with Crippen molar-refractivity contribution in [3.63, 3.8) is 0 Å². The maximum absolute atomic E-state index is 12.6. The van der Waals surface area contributed by atoms with E-state index in [2.05, 4.69) is 42.7 Å². The predicted octanol–water partition coefficient (Wildman–Crippen LogP) is 9.83. The summed E-state index contributed by atoms with van der Waals surface area (Å²) in [5.74, 6) is -0.944. The Kier molecular flexibility index (Phi) is 34.7. The van der Waals surface area contributed by atoms with E-state index in [-0.39, 0.29) is 19.4 Å². The van der Waals surface area contributed by atoms with Crippen molar-refractivity contribution < 1.29 is 47.8 Å². The monoisotopic (exact) mass is 732 g/mol. The van der Waals surface area contributed by atoms with Crippen LogP contribution in [0, 0.1) is 0 Å². The minimum atomic E-state index is -4.61. The van der Waals surface area contributed by atoms with Gasteiger partial charge in [-0.15, -0.1) is 0 Å². The number of carbonyl (C=O) groups is 2. The van der Waals surface area contributed by atoms with Gasteiger partial charge >= 0.3 is 19.8 Å². The van der Waals surface area contributed by atoms with Crippen molar-refractivity contribution in [1.82, 2.24) is 0 Å². The fraction of sp³-hybridized carbons (Fsp3) is 0.846. The second kappa shape index (κ2) is 35.8. The van der Waals surface area contributed by atoms with Gasteiger partial charge in [-0.2, -0.15) is 0 Å². The average Bonchev–Trinajstić information content (AvgIpc) is 3.10. The molecule has 0 aromatic heterocycles. The number of unbranched alkanes of at least 4 members (excludes halogenated alkanes) is 19. The lowest BCUT2D eigenvalue weighted by molar-refractivity contribution is -0.161. The summed E-state index contributed by atoms with van der Waals surface area (Å²) in [5, 5.41) is 18.3. The number of phosphoric ester groups is 1. The van der Waals surface area contributed by atoms with Crippen LogP contribution in [0.25, 0.3) is 0 Å². The first kappa shape index (κ1) is 48.5. The number of rotatable bonds is 37. The van der Waals surface area contributed by atoms with E-state index >= 15 is 0 Å². The van der Waals surface area contributed by atoms with E-state index < -0.39 is 51.8 Å². The van der Waals surface area contributed by atoms with Crippen molar-refractivity contribution in [2.75, 3.05) is 26.4 Å².